The number of nitro benzene ring substituents is 1. The van der Waals surface area contributed by atoms with E-state index in [-0.39, 0.29) is 36.5 Å². The molecule has 0 aliphatic carbocycles. The molecule has 0 radical (unpaired) electrons. The molecule has 1 atom stereocenters. The zero-order valence-electron chi connectivity index (χ0n) is 11.8. The second kappa shape index (κ2) is 9.15. The Hall–Kier alpha value is -0.950. The predicted molar refractivity (Wildman–Crippen MR) is 85.0 cm³/mol. The van der Waals surface area contributed by atoms with Crippen LogP contribution >= 0.6 is 24.8 Å². The van der Waals surface area contributed by atoms with Crippen LogP contribution in [0.4, 0.5) is 10.1 Å². The Labute approximate surface area is 135 Å². The first-order valence-corrected chi connectivity index (χ1v) is 6.52. The quantitative estimate of drug-likeness (QED) is 0.676. The highest BCUT2D eigenvalue weighted by Gasteiger charge is 2.27. The van der Waals surface area contributed by atoms with Crippen LogP contribution in [-0.2, 0) is 0 Å². The molecule has 0 saturated carbocycles. The molecule has 5 nitrogen and oxygen atoms in total. The summed E-state index contributed by atoms with van der Waals surface area (Å²) in [6.45, 7) is 5.35. The molecule has 2 rings (SSSR count). The van der Waals surface area contributed by atoms with Crippen molar-refractivity contribution in [1.29, 1.82) is 0 Å². The third-order valence-corrected chi connectivity index (χ3v) is 3.52. The summed E-state index contributed by atoms with van der Waals surface area (Å²) in [6, 6.07) is 3.61. The minimum Gasteiger partial charge on any atom is -0.314 e. The molecule has 0 spiro atoms. The van der Waals surface area contributed by atoms with Gasteiger partial charge in [0.2, 0.25) is 0 Å². The number of hydrogen-bond donors (Lipinski definition) is 1. The van der Waals surface area contributed by atoms with Gasteiger partial charge in [0.25, 0.3) is 5.69 Å². The van der Waals surface area contributed by atoms with E-state index in [0.717, 1.165) is 38.7 Å². The number of nitrogens with one attached hydrogen (secondary N) is 1. The summed E-state index contributed by atoms with van der Waals surface area (Å²) in [4.78, 5) is 12.8. The summed E-state index contributed by atoms with van der Waals surface area (Å²) in [5.74, 6) is -0.422. The van der Waals surface area contributed by atoms with Crippen LogP contribution in [0.3, 0.4) is 0 Å². The average molecular weight is 340 g/mol. The monoisotopic (exact) mass is 339 g/mol. The van der Waals surface area contributed by atoms with Crippen molar-refractivity contribution in [3.05, 3.63) is 39.7 Å². The van der Waals surface area contributed by atoms with Gasteiger partial charge in [0, 0.05) is 43.9 Å². The van der Waals surface area contributed by atoms with E-state index in [9.17, 15) is 14.5 Å². The highest BCUT2D eigenvalue weighted by Crippen LogP contribution is 2.32. The number of benzene rings is 1. The fourth-order valence-corrected chi connectivity index (χ4v) is 2.63. The largest absolute Gasteiger partial charge is 0.314 e. The van der Waals surface area contributed by atoms with E-state index in [2.05, 4.69) is 10.2 Å². The molecule has 0 aromatic heterocycles. The van der Waals surface area contributed by atoms with Gasteiger partial charge in [-0.15, -0.1) is 24.8 Å². The molecule has 0 amide bonds. The van der Waals surface area contributed by atoms with Gasteiger partial charge in [-0.3, -0.25) is 15.0 Å². The lowest BCUT2D eigenvalue weighted by atomic mass is 10.00. The highest BCUT2D eigenvalue weighted by molar-refractivity contribution is 5.85. The first kappa shape index (κ1) is 20.1. The SMILES string of the molecule is CC[C@H](c1cc(F)ccc1[N+](=O)[O-])N1CCNCC1.Cl.Cl. The summed E-state index contributed by atoms with van der Waals surface area (Å²) in [5, 5.41) is 14.3. The maximum atomic E-state index is 13.4. The van der Waals surface area contributed by atoms with Crippen molar-refractivity contribution in [3.8, 4) is 0 Å². The molecule has 0 bridgehead atoms. The van der Waals surface area contributed by atoms with Gasteiger partial charge in [-0.05, 0) is 18.6 Å². The van der Waals surface area contributed by atoms with Crippen LogP contribution in [0.5, 0.6) is 0 Å². The number of nitro groups is 1. The topological polar surface area (TPSA) is 58.4 Å². The third kappa shape index (κ3) is 4.78. The van der Waals surface area contributed by atoms with Gasteiger partial charge in [0.05, 0.1) is 4.92 Å². The van der Waals surface area contributed by atoms with Crippen molar-refractivity contribution in [3.63, 3.8) is 0 Å². The van der Waals surface area contributed by atoms with Gasteiger partial charge >= 0.3 is 0 Å². The first-order chi connectivity index (χ1) is 9.13. The fourth-order valence-electron chi connectivity index (χ4n) is 2.63. The van der Waals surface area contributed by atoms with Crippen LogP contribution in [0.25, 0.3) is 0 Å². The maximum absolute atomic E-state index is 13.4. The molecule has 0 unspecified atom stereocenters. The molecular weight excluding hydrogens is 320 g/mol. The van der Waals surface area contributed by atoms with Crippen LogP contribution < -0.4 is 5.32 Å². The van der Waals surface area contributed by atoms with E-state index in [4.69, 9.17) is 0 Å². The summed E-state index contributed by atoms with van der Waals surface area (Å²) in [6.07, 6.45) is 0.726. The number of halogens is 3. The molecule has 21 heavy (non-hydrogen) atoms. The summed E-state index contributed by atoms with van der Waals surface area (Å²) in [7, 11) is 0. The zero-order chi connectivity index (χ0) is 13.8. The van der Waals surface area contributed by atoms with E-state index in [0.29, 0.717) is 5.56 Å². The Morgan fingerprint density at radius 1 is 1.38 bits per heavy atom. The van der Waals surface area contributed by atoms with Crippen LogP contribution in [0.2, 0.25) is 0 Å². The number of nitrogens with zero attached hydrogens (tertiary/aromatic N) is 2. The van der Waals surface area contributed by atoms with Crippen molar-refractivity contribution in [2.75, 3.05) is 26.2 Å². The first-order valence-electron chi connectivity index (χ1n) is 6.52. The van der Waals surface area contributed by atoms with Crippen molar-refractivity contribution < 1.29 is 9.31 Å². The molecular formula is C13H20Cl2FN3O2. The molecule has 120 valence electrons. The minimum atomic E-state index is -0.431. The third-order valence-electron chi connectivity index (χ3n) is 3.52. The molecule has 1 aromatic carbocycles. The van der Waals surface area contributed by atoms with Gasteiger partial charge in [0.1, 0.15) is 5.82 Å². The van der Waals surface area contributed by atoms with Crippen molar-refractivity contribution in [2.24, 2.45) is 0 Å². The van der Waals surface area contributed by atoms with E-state index in [1.54, 1.807) is 0 Å². The van der Waals surface area contributed by atoms with E-state index >= 15 is 0 Å². The minimum absolute atomic E-state index is 0. The van der Waals surface area contributed by atoms with E-state index in [1.807, 2.05) is 6.92 Å². The van der Waals surface area contributed by atoms with E-state index < -0.39 is 10.7 Å². The Balaban J connectivity index is 0.00000200. The maximum Gasteiger partial charge on any atom is 0.274 e. The fraction of sp³-hybridized carbons (Fsp3) is 0.538. The standard InChI is InChI=1S/C13H18FN3O2.2ClH/c1-2-12(16-7-5-15-6-8-16)11-9-10(14)3-4-13(11)17(18)19;;/h3-4,9,12,15H,2,5-8H2,1H3;2*1H/t12-;;/m1../s1. The van der Waals surface area contributed by atoms with Crippen molar-refractivity contribution in [2.45, 2.75) is 19.4 Å². The van der Waals surface area contributed by atoms with Crippen LogP contribution in [0, 0.1) is 15.9 Å². The molecule has 1 N–H and O–H groups in total. The lowest BCUT2D eigenvalue weighted by molar-refractivity contribution is -0.386. The zero-order valence-corrected chi connectivity index (χ0v) is 13.4. The van der Waals surface area contributed by atoms with Crippen molar-refractivity contribution in [1.82, 2.24) is 10.2 Å². The predicted octanol–water partition coefficient (Wildman–Crippen LogP) is 2.93. The van der Waals surface area contributed by atoms with E-state index in [1.165, 1.54) is 12.1 Å². The number of piperazine rings is 1. The molecule has 8 heteroatoms. The Bertz CT molecular complexity index is 471. The number of rotatable bonds is 4. The molecule has 1 aliphatic rings. The molecule has 1 aliphatic heterocycles. The molecule has 1 fully saturated rings. The lowest BCUT2D eigenvalue weighted by Crippen LogP contribution is -2.45. The van der Waals surface area contributed by atoms with Gasteiger partial charge < -0.3 is 5.32 Å². The molecule has 1 aromatic rings. The van der Waals surface area contributed by atoms with Gasteiger partial charge in [0.15, 0.2) is 0 Å². The van der Waals surface area contributed by atoms with Crippen LogP contribution in [-0.4, -0.2) is 36.0 Å². The Morgan fingerprint density at radius 3 is 2.52 bits per heavy atom. The smallest absolute Gasteiger partial charge is 0.274 e. The normalized spacial score (nSPS) is 16.5. The summed E-state index contributed by atoms with van der Waals surface area (Å²) in [5.41, 5.74) is 0.487. The van der Waals surface area contributed by atoms with Crippen LogP contribution in [0.15, 0.2) is 18.2 Å². The summed E-state index contributed by atoms with van der Waals surface area (Å²) < 4.78 is 13.4. The average Bonchev–Trinajstić information content (AvgIpc) is 2.40. The van der Waals surface area contributed by atoms with Gasteiger partial charge in [-0.1, -0.05) is 6.92 Å². The molecule has 1 saturated heterocycles. The lowest BCUT2D eigenvalue weighted by Gasteiger charge is -2.34. The number of hydrogen-bond acceptors (Lipinski definition) is 4. The summed E-state index contributed by atoms with van der Waals surface area (Å²) >= 11 is 0. The van der Waals surface area contributed by atoms with Crippen molar-refractivity contribution >= 4 is 30.5 Å². The Kier molecular flexibility index (Phi) is 8.73. The highest BCUT2D eigenvalue weighted by atomic mass is 35.5. The second-order valence-corrected chi connectivity index (χ2v) is 4.67. The second-order valence-electron chi connectivity index (χ2n) is 4.67. The van der Waals surface area contributed by atoms with Crippen LogP contribution in [0.1, 0.15) is 24.9 Å². The molecule has 1 heterocycles. The van der Waals surface area contributed by atoms with Gasteiger partial charge in [-0.25, -0.2) is 4.39 Å². The Morgan fingerprint density at radius 2 is 2.00 bits per heavy atom. The van der Waals surface area contributed by atoms with Gasteiger partial charge in [-0.2, -0.15) is 0 Å².